The lowest BCUT2D eigenvalue weighted by Crippen LogP contribution is -2.46. The second kappa shape index (κ2) is 8.28. The number of ether oxygens (including phenoxy) is 2. The molecular weight excluding hydrogens is 302 g/mol. The fraction of sp³-hybridized carbons (Fsp3) is 0.438. The van der Waals surface area contributed by atoms with Crippen LogP contribution in [0.3, 0.4) is 0 Å². The van der Waals surface area contributed by atoms with Gasteiger partial charge in [0.2, 0.25) is 0 Å². The summed E-state index contributed by atoms with van der Waals surface area (Å²) in [5, 5.41) is 11.4. The standard InChI is InChI=1S/C16H21NO6/c1-16(2,3)23-15(21)17-12(9-18)14(20)22-10-13(19)11-7-5-4-6-8-11/h4-8,12,18H,9-10H2,1-3H3,(H,17,21)/t12-/m0/s1. The molecule has 0 saturated carbocycles. The van der Waals surface area contributed by atoms with E-state index in [1.165, 1.54) is 0 Å². The minimum Gasteiger partial charge on any atom is -0.456 e. The Labute approximate surface area is 134 Å². The lowest BCUT2D eigenvalue weighted by molar-refractivity contribution is -0.146. The molecule has 0 bridgehead atoms. The Morgan fingerprint density at radius 2 is 1.78 bits per heavy atom. The summed E-state index contributed by atoms with van der Waals surface area (Å²) in [5.41, 5.74) is -0.335. The summed E-state index contributed by atoms with van der Waals surface area (Å²) < 4.78 is 9.80. The number of benzene rings is 1. The van der Waals surface area contributed by atoms with Gasteiger partial charge in [0, 0.05) is 5.56 Å². The van der Waals surface area contributed by atoms with E-state index in [-0.39, 0.29) is 5.78 Å². The summed E-state index contributed by atoms with van der Waals surface area (Å²) in [6.45, 7) is 3.85. The second-order valence-corrected chi connectivity index (χ2v) is 5.78. The van der Waals surface area contributed by atoms with Crippen LogP contribution >= 0.6 is 0 Å². The largest absolute Gasteiger partial charge is 0.456 e. The van der Waals surface area contributed by atoms with Crippen molar-refractivity contribution in [3.63, 3.8) is 0 Å². The zero-order chi connectivity index (χ0) is 17.5. The predicted octanol–water partition coefficient (Wildman–Crippen LogP) is 1.30. The quantitative estimate of drug-likeness (QED) is 0.604. The first-order valence-electron chi connectivity index (χ1n) is 7.08. The molecule has 1 atom stereocenters. The molecule has 0 unspecified atom stereocenters. The van der Waals surface area contributed by atoms with Crippen LogP contribution in [-0.2, 0) is 14.3 Å². The molecule has 23 heavy (non-hydrogen) atoms. The van der Waals surface area contributed by atoms with Gasteiger partial charge in [-0.1, -0.05) is 30.3 Å². The van der Waals surface area contributed by atoms with Crippen LogP contribution in [0.4, 0.5) is 4.79 Å². The molecule has 1 aromatic rings. The van der Waals surface area contributed by atoms with Crippen molar-refractivity contribution in [3.8, 4) is 0 Å². The molecule has 0 fully saturated rings. The molecule has 0 saturated heterocycles. The van der Waals surface area contributed by atoms with Crippen molar-refractivity contribution < 1.29 is 29.0 Å². The number of hydrogen-bond acceptors (Lipinski definition) is 6. The van der Waals surface area contributed by atoms with Crippen molar-refractivity contribution in [1.29, 1.82) is 0 Å². The molecule has 1 amide bonds. The van der Waals surface area contributed by atoms with E-state index >= 15 is 0 Å². The van der Waals surface area contributed by atoms with Crippen molar-refractivity contribution in [2.24, 2.45) is 0 Å². The van der Waals surface area contributed by atoms with Gasteiger partial charge in [-0.25, -0.2) is 9.59 Å². The van der Waals surface area contributed by atoms with E-state index in [2.05, 4.69) is 5.32 Å². The number of amides is 1. The molecule has 0 spiro atoms. The van der Waals surface area contributed by atoms with Gasteiger partial charge in [-0.3, -0.25) is 4.79 Å². The van der Waals surface area contributed by atoms with Gasteiger partial charge in [0.25, 0.3) is 0 Å². The van der Waals surface area contributed by atoms with Gasteiger partial charge >= 0.3 is 12.1 Å². The number of carbonyl (C=O) groups is 3. The van der Waals surface area contributed by atoms with Gasteiger partial charge in [0.05, 0.1) is 6.61 Å². The Morgan fingerprint density at radius 1 is 1.17 bits per heavy atom. The number of esters is 1. The van der Waals surface area contributed by atoms with E-state index in [1.54, 1.807) is 51.1 Å². The van der Waals surface area contributed by atoms with Gasteiger partial charge in [-0.15, -0.1) is 0 Å². The summed E-state index contributed by atoms with van der Waals surface area (Å²) in [6, 6.07) is 7.03. The average molecular weight is 323 g/mol. The number of hydrogen-bond donors (Lipinski definition) is 2. The summed E-state index contributed by atoms with van der Waals surface area (Å²) >= 11 is 0. The van der Waals surface area contributed by atoms with Crippen molar-refractivity contribution >= 4 is 17.8 Å². The minimum atomic E-state index is -1.30. The second-order valence-electron chi connectivity index (χ2n) is 5.78. The highest BCUT2D eigenvalue weighted by Gasteiger charge is 2.25. The SMILES string of the molecule is CC(C)(C)OC(=O)N[C@@H](CO)C(=O)OCC(=O)c1ccccc1. The van der Waals surface area contributed by atoms with E-state index in [9.17, 15) is 14.4 Å². The number of Topliss-reactive ketones (excluding diaryl/α,β-unsaturated/α-hetero) is 1. The Kier molecular flexibility index (Phi) is 6.71. The fourth-order valence-corrected chi connectivity index (χ4v) is 1.57. The average Bonchev–Trinajstić information content (AvgIpc) is 2.49. The molecule has 0 aliphatic heterocycles. The molecule has 0 aliphatic rings. The normalized spacial score (nSPS) is 12.2. The molecular formula is C16H21NO6. The fourth-order valence-electron chi connectivity index (χ4n) is 1.57. The number of ketones is 1. The third-order valence-corrected chi connectivity index (χ3v) is 2.60. The minimum absolute atomic E-state index is 0.382. The van der Waals surface area contributed by atoms with Crippen LogP contribution in [0.1, 0.15) is 31.1 Å². The number of rotatable bonds is 6. The van der Waals surface area contributed by atoms with E-state index in [0.717, 1.165) is 0 Å². The predicted molar refractivity (Wildman–Crippen MR) is 82.0 cm³/mol. The van der Waals surface area contributed by atoms with Crippen molar-refractivity contribution in [2.75, 3.05) is 13.2 Å². The monoisotopic (exact) mass is 323 g/mol. The summed E-state index contributed by atoms with van der Waals surface area (Å²) in [4.78, 5) is 35.2. The van der Waals surface area contributed by atoms with Gasteiger partial charge in [-0.2, -0.15) is 0 Å². The zero-order valence-corrected chi connectivity index (χ0v) is 13.4. The molecule has 7 nitrogen and oxygen atoms in total. The highest BCUT2D eigenvalue weighted by Crippen LogP contribution is 2.07. The lowest BCUT2D eigenvalue weighted by atomic mass is 10.1. The summed E-state index contributed by atoms with van der Waals surface area (Å²) in [7, 11) is 0. The highest BCUT2D eigenvalue weighted by atomic mass is 16.6. The smallest absolute Gasteiger partial charge is 0.408 e. The molecule has 1 rings (SSSR count). The summed E-state index contributed by atoms with van der Waals surface area (Å²) in [5.74, 6) is -1.30. The first kappa shape index (κ1) is 18.6. The van der Waals surface area contributed by atoms with E-state index < -0.39 is 36.9 Å². The van der Waals surface area contributed by atoms with E-state index in [0.29, 0.717) is 5.56 Å². The maximum Gasteiger partial charge on any atom is 0.408 e. The van der Waals surface area contributed by atoms with Crippen LogP contribution in [0.2, 0.25) is 0 Å². The number of nitrogens with one attached hydrogen (secondary N) is 1. The maximum atomic E-state index is 11.8. The third-order valence-electron chi connectivity index (χ3n) is 2.60. The maximum absolute atomic E-state index is 11.8. The van der Waals surface area contributed by atoms with Crippen molar-refractivity contribution in [3.05, 3.63) is 35.9 Å². The molecule has 7 heteroatoms. The van der Waals surface area contributed by atoms with Crippen LogP contribution in [0, 0.1) is 0 Å². The van der Waals surface area contributed by atoms with Crippen LogP contribution < -0.4 is 5.32 Å². The van der Waals surface area contributed by atoms with Crippen LogP contribution in [-0.4, -0.2) is 47.8 Å². The number of alkyl carbamates (subject to hydrolysis) is 1. The summed E-state index contributed by atoms with van der Waals surface area (Å²) in [6.07, 6.45) is -0.858. The molecule has 0 radical (unpaired) electrons. The molecule has 0 aromatic heterocycles. The first-order chi connectivity index (χ1) is 10.7. The first-order valence-corrected chi connectivity index (χ1v) is 7.08. The lowest BCUT2D eigenvalue weighted by Gasteiger charge is -2.22. The Bertz CT molecular complexity index is 549. The van der Waals surface area contributed by atoms with Gasteiger partial charge < -0.3 is 19.9 Å². The Balaban J connectivity index is 2.51. The van der Waals surface area contributed by atoms with Crippen molar-refractivity contribution in [2.45, 2.75) is 32.4 Å². The van der Waals surface area contributed by atoms with Gasteiger partial charge in [0.15, 0.2) is 18.4 Å². The van der Waals surface area contributed by atoms with Crippen LogP contribution in [0.15, 0.2) is 30.3 Å². The number of aliphatic hydroxyl groups is 1. The topological polar surface area (TPSA) is 102 Å². The van der Waals surface area contributed by atoms with Gasteiger partial charge in [-0.05, 0) is 20.8 Å². The molecule has 2 N–H and O–H groups in total. The number of carbonyl (C=O) groups excluding carboxylic acids is 3. The van der Waals surface area contributed by atoms with E-state index in [1.807, 2.05) is 0 Å². The molecule has 1 aromatic carbocycles. The van der Waals surface area contributed by atoms with E-state index in [4.69, 9.17) is 14.6 Å². The number of aliphatic hydroxyl groups excluding tert-OH is 1. The third kappa shape index (κ3) is 6.92. The molecule has 0 aliphatic carbocycles. The van der Waals surface area contributed by atoms with Crippen LogP contribution in [0.25, 0.3) is 0 Å². The Morgan fingerprint density at radius 3 is 2.30 bits per heavy atom. The zero-order valence-electron chi connectivity index (χ0n) is 13.4. The highest BCUT2D eigenvalue weighted by molar-refractivity contribution is 5.98. The van der Waals surface area contributed by atoms with Crippen molar-refractivity contribution in [1.82, 2.24) is 5.32 Å². The van der Waals surface area contributed by atoms with Gasteiger partial charge in [0.1, 0.15) is 5.60 Å². The molecule has 0 heterocycles. The van der Waals surface area contributed by atoms with Crippen LogP contribution in [0.5, 0.6) is 0 Å². The molecule has 126 valence electrons. The Hall–Kier alpha value is -2.41.